The Bertz CT molecular complexity index is 1050. The van der Waals surface area contributed by atoms with Crippen LogP contribution in [-0.2, 0) is 6.54 Å². The summed E-state index contributed by atoms with van der Waals surface area (Å²) in [5, 5.41) is 1.22. The fourth-order valence-electron chi connectivity index (χ4n) is 3.69. The van der Waals surface area contributed by atoms with Gasteiger partial charge in [0.15, 0.2) is 0 Å². The summed E-state index contributed by atoms with van der Waals surface area (Å²) in [4.78, 5) is 9.90. The Kier molecular flexibility index (Phi) is 6.81. The summed E-state index contributed by atoms with van der Waals surface area (Å²) in [7, 11) is 2.17. The first kappa shape index (κ1) is 21.8. The normalized spacial score (nSPS) is 15.5. The van der Waals surface area contributed by atoms with E-state index in [9.17, 15) is 0 Å². The number of halogens is 3. The molecule has 0 atom stereocenters. The Morgan fingerprint density at radius 3 is 2.33 bits per heavy atom. The molecule has 1 radical (unpaired) electrons. The molecule has 0 saturated carbocycles. The molecule has 0 amide bonds. The van der Waals surface area contributed by atoms with E-state index in [-0.39, 0.29) is 0 Å². The molecule has 6 heteroatoms. The van der Waals surface area contributed by atoms with Crippen molar-refractivity contribution in [3.8, 4) is 22.4 Å². The molecule has 1 aliphatic heterocycles. The fraction of sp³-hybridized carbons (Fsp3) is 0.250. The van der Waals surface area contributed by atoms with Gasteiger partial charge in [0.25, 0.3) is 0 Å². The van der Waals surface area contributed by atoms with Crippen LogP contribution < -0.4 is 0 Å². The second-order valence-electron chi connectivity index (χ2n) is 7.70. The molecule has 1 fully saturated rings. The molecule has 3 nitrogen and oxygen atoms in total. The molecule has 0 aliphatic carbocycles. The van der Waals surface area contributed by atoms with Gasteiger partial charge in [0.05, 0.1) is 11.4 Å². The van der Waals surface area contributed by atoms with Crippen LogP contribution >= 0.6 is 39.1 Å². The van der Waals surface area contributed by atoms with Gasteiger partial charge < -0.3 is 4.90 Å². The summed E-state index contributed by atoms with van der Waals surface area (Å²) < 4.78 is 1.03. The van der Waals surface area contributed by atoms with Gasteiger partial charge in [0.2, 0.25) is 0 Å². The smallest absolute Gasteiger partial charge is 0.0784 e. The molecule has 155 valence electrons. The van der Waals surface area contributed by atoms with Crippen LogP contribution in [0.15, 0.2) is 53.0 Å². The number of hydrogen-bond acceptors (Lipinski definition) is 3. The molecule has 2 aromatic carbocycles. The predicted molar refractivity (Wildman–Crippen MR) is 130 cm³/mol. The molecule has 0 bridgehead atoms. The highest BCUT2D eigenvalue weighted by Crippen LogP contribution is 2.37. The van der Waals surface area contributed by atoms with Crippen molar-refractivity contribution in [2.45, 2.75) is 6.54 Å². The largest absolute Gasteiger partial charge is 0.304 e. The summed E-state index contributed by atoms with van der Waals surface area (Å²) in [6, 6.07) is 15.9. The van der Waals surface area contributed by atoms with Crippen molar-refractivity contribution in [2.24, 2.45) is 0 Å². The average molecular weight is 504 g/mol. The van der Waals surface area contributed by atoms with E-state index in [0.717, 1.165) is 70.8 Å². The molecule has 0 spiro atoms. The first-order chi connectivity index (χ1) is 14.4. The van der Waals surface area contributed by atoms with Crippen LogP contribution in [0, 0.1) is 6.92 Å². The highest BCUT2D eigenvalue weighted by atomic mass is 79.9. The van der Waals surface area contributed by atoms with Gasteiger partial charge in [-0.1, -0.05) is 57.3 Å². The van der Waals surface area contributed by atoms with Gasteiger partial charge in [-0.05, 0) is 49.9 Å². The molecule has 4 rings (SSSR count). The Morgan fingerprint density at radius 2 is 1.67 bits per heavy atom. The topological polar surface area (TPSA) is 19.4 Å². The SMILES string of the molecule is [CH2]c1cc(-c2ccc(Cl)cc2Cl)c(-c2ccc(Br)cc2)nc1CN1CCN(C)CC1. The Balaban J connectivity index is 1.79. The van der Waals surface area contributed by atoms with Crippen molar-refractivity contribution >= 4 is 39.1 Å². The van der Waals surface area contributed by atoms with Crippen LogP contribution in [0.25, 0.3) is 22.4 Å². The zero-order valence-electron chi connectivity index (χ0n) is 16.8. The van der Waals surface area contributed by atoms with Crippen molar-refractivity contribution < 1.29 is 0 Å². The summed E-state index contributed by atoms with van der Waals surface area (Å²) in [6.07, 6.45) is 0. The third-order valence-corrected chi connectivity index (χ3v) is 6.58. The van der Waals surface area contributed by atoms with Gasteiger partial charge in [0, 0.05) is 63.9 Å². The van der Waals surface area contributed by atoms with E-state index in [2.05, 4.69) is 57.9 Å². The zero-order valence-corrected chi connectivity index (χ0v) is 19.9. The first-order valence-corrected chi connectivity index (χ1v) is 11.4. The summed E-state index contributed by atoms with van der Waals surface area (Å²) in [6.45, 7) is 9.33. The average Bonchev–Trinajstić information content (AvgIpc) is 2.72. The molecule has 0 unspecified atom stereocenters. The highest BCUT2D eigenvalue weighted by molar-refractivity contribution is 9.10. The monoisotopic (exact) mass is 502 g/mol. The number of pyridine rings is 1. The molecule has 3 aromatic rings. The maximum Gasteiger partial charge on any atom is 0.0784 e. The highest BCUT2D eigenvalue weighted by Gasteiger charge is 2.19. The number of nitrogens with zero attached hydrogens (tertiary/aromatic N) is 3. The lowest BCUT2D eigenvalue weighted by atomic mass is 9.96. The minimum atomic E-state index is 0.605. The molecule has 1 aromatic heterocycles. The Labute approximate surface area is 196 Å². The maximum absolute atomic E-state index is 6.56. The number of aromatic nitrogens is 1. The van der Waals surface area contributed by atoms with E-state index in [1.54, 1.807) is 6.07 Å². The van der Waals surface area contributed by atoms with E-state index in [1.165, 1.54) is 0 Å². The van der Waals surface area contributed by atoms with Crippen molar-refractivity contribution in [2.75, 3.05) is 33.2 Å². The minimum Gasteiger partial charge on any atom is -0.304 e. The summed E-state index contributed by atoms with van der Waals surface area (Å²) in [5.74, 6) is 0. The molecular weight excluding hydrogens is 481 g/mol. The lowest BCUT2D eigenvalue weighted by Gasteiger charge is -2.32. The molecule has 2 heterocycles. The van der Waals surface area contributed by atoms with E-state index >= 15 is 0 Å². The number of benzene rings is 2. The summed E-state index contributed by atoms with van der Waals surface area (Å²) >= 11 is 16.2. The minimum absolute atomic E-state index is 0.605. The predicted octanol–water partition coefficient (Wildman–Crippen LogP) is 6.41. The van der Waals surface area contributed by atoms with Crippen LogP contribution in [-0.4, -0.2) is 48.0 Å². The van der Waals surface area contributed by atoms with E-state index < -0.39 is 0 Å². The van der Waals surface area contributed by atoms with Crippen LogP contribution in [0.4, 0.5) is 0 Å². The standard InChI is InChI=1S/C24H23BrCl2N3/c1-16-13-21(20-8-7-19(26)14-22(20)27)24(17-3-5-18(25)6-4-17)28-23(16)15-30-11-9-29(2)10-12-30/h3-8,13-14H,1,9-12,15H2,2H3. The maximum atomic E-state index is 6.56. The van der Waals surface area contributed by atoms with Crippen LogP contribution in [0.5, 0.6) is 0 Å². The third kappa shape index (κ3) is 4.90. The van der Waals surface area contributed by atoms with E-state index in [4.69, 9.17) is 28.2 Å². The van der Waals surface area contributed by atoms with Crippen molar-refractivity contribution in [3.05, 3.63) is 81.2 Å². The molecule has 1 aliphatic rings. The van der Waals surface area contributed by atoms with Crippen molar-refractivity contribution in [1.29, 1.82) is 0 Å². The molecule has 30 heavy (non-hydrogen) atoms. The van der Waals surface area contributed by atoms with E-state index in [0.29, 0.717) is 10.0 Å². The first-order valence-electron chi connectivity index (χ1n) is 9.89. The van der Waals surface area contributed by atoms with E-state index in [1.807, 2.05) is 24.3 Å². The number of hydrogen-bond donors (Lipinski definition) is 0. The fourth-order valence-corrected chi connectivity index (χ4v) is 4.46. The van der Waals surface area contributed by atoms with Crippen molar-refractivity contribution in [1.82, 2.24) is 14.8 Å². The van der Waals surface area contributed by atoms with Gasteiger partial charge in [-0.15, -0.1) is 0 Å². The van der Waals surface area contributed by atoms with Gasteiger partial charge in [-0.2, -0.15) is 0 Å². The van der Waals surface area contributed by atoms with Crippen LogP contribution in [0.2, 0.25) is 10.0 Å². The van der Waals surface area contributed by atoms with Crippen molar-refractivity contribution in [3.63, 3.8) is 0 Å². The second kappa shape index (κ2) is 9.37. The molecule has 1 saturated heterocycles. The second-order valence-corrected chi connectivity index (χ2v) is 9.46. The molecular formula is C24H23BrCl2N3. The number of rotatable bonds is 4. The number of piperazine rings is 1. The van der Waals surface area contributed by atoms with Gasteiger partial charge in [-0.25, -0.2) is 0 Å². The van der Waals surface area contributed by atoms with Gasteiger partial charge in [-0.3, -0.25) is 9.88 Å². The third-order valence-electron chi connectivity index (χ3n) is 5.50. The lowest BCUT2D eigenvalue weighted by Crippen LogP contribution is -2.44. The molecule has 0 N–H and O–H groups in total. The zero-order chi connectivity index (χ0) is 21.3. The summed E-state index contributed by atoms with van der Waals surface area (Å²) in [5.41, 5.74) is 5.75. The van der Waals surface area contributed by atoms with Crippen LogP contribution in [0.3, 0.4) is 0 Å². The quantitative estimate of drug-likeness (QED) is 0.409. The van der Waals surface area contributed by atoms with Crippen LogP contribution in [0.1, 0.15) is 11.3 Å². The van der Waals surface area contributed by atoms with Gasteiger partial charge in [0.1, 0.15) is 0 Å². The number of likely N-dealkylation sites (N-methyl/N-ethyl adjacent to an activating group) is 1. The Morgan fingerprint density at radius 1 is 0.967 bits per heavy atom. The van der Waals surface area contributed by atoms with Gasteiger partial charge >= 0.3 is 0 Å². The lowest BCUT2D eigenvalue weighted by molar-refractivity contribution is 0.147. The Hall–Kier alpha value is -1.43.